The Balaban J connectivity index is 1.70. The van der Waals surface area contributed by atoms with Gasteiger partial charge in [0.15, 0.2) is 5.76 Å². The van der Waals surface area contributed by atoms with E-state index in [9.17, 15) is 9.59 Å². The predicted molar refractivity (Wildman–Crippen MR) is 106 cm³/mol. The first-order valence-corrected chi connectivity index (χ1v) is 9.94. The molecule has 0 spiro atoms. The number of carbonyl (C=O) groups is 2. The Morgan fingerprint density at radius 3 is 2.85 bits per heavy atom. The Labute approximate surface area is 161 Å². The first-order valence-electron chi connectivity index (χ1n) is 9.12. The minimum atomic E-state index is -0.371. The van der Waals surface area contributed by atoms with Gasteiger partial charge in [-0.3, -0.25) is 4.79 Å². The van der Waals surface area contributed by atoms with E-state index < -0.39 is 0 Å². The maximum absolute atomic E-state index is 12.9. The lowest BCUT2D eigenvalue weighted by molar-refractivity contribution is 0.0527. The second-order valence-corrected chi connectivity index (χ2v) is 7.90. The fourth-order valence-corrected chi connectivity index (χ4v) is 4.90. The highest BCUT2D eigenvalue weighted by atomic mass is 32.1. The summed E-state index contributed by atoms with van der Waals surface area (Å²) in [6, 6.07) is 5.84. The number of furan rings is 1. The van der Waals surface area contributed by atoms with E-state index >= 15 is 0 Å². The smallest absolute Gasteiger partial charge is 0.341 e. The number of benzene rings is 1. The van der Waals surface area contributed by atoms with Gasteiger partial charge in [-0.1, -0.05) is 11.6 Å². The summed E-state index contributed by atoms with van der Waals surface area (Å²) in [5.74, 6) is -0.435. The third kappa shape index (κ3) is 3.04. The van der Waals surface area contributed by atoms with Crippen molar-refractivity contribution in [3.05, 3.63) is 51.1 Å². The molecule has 140 valence electrons. The molecular formula is C21H21NO4S. The number of rotatable bonds is 4. The van der Waals surface area contributed by atoms with Crippen LogP contribution in [0, 0.1) is 13.8 Å². The molecule has 1 aromatic carbocycles. The fourth-order valence-electron chi connectivity index (χ4n) is 3.62. The van der Waals surface area contributed by atoms with Crippen molar-refractivity contribution in [3.8, 4) is 0 Å². The lowest BCUT2D eigenvalue weighted by atomic mass is 10.1. The minimum Gasteiger partial charge on any atom is -0.462 e. The summed E-state index contributed by atoms with van der Waals surface area (Å²) < 4.78 is 11.0. The average molecular weight is 383 g/mol. The number of amides is 1. The molecule has 1 aliphatic rings. The highest BCUT2D eigenvalue weighted by Gasteiger charge is 2.29. The number of thiophene rings is 1. The van der Waals surface area contributed by atoms with Crippen molar-refractivity contribution in [3.63, 3.8) is 0 Å². The lowest BCUT2D eigenvalue weighted by Crippen LogP contribution is -2.15. The Kier molecular flexibility index (Phi) is 4.52. The van der Waals surface area contributed by atoms with Crippen molar-refractivity contribution < 1.29 is 18.7 Å². The number of nitrogens with one attached hydrogen (secondary N) is 1. The molecule has 0 bridgehead atoms. The molecular weight excluding hydrogens is 362 g/mol. The molecule has 2 aromatic heterocycles. The van der Waals surface area contributed by atoms with E-state index in [1.165, 1.54) is 11.3 Å². The quantitative estimate of drug-likeness (QED) is 0.642. The highest BCUT2D eigenvalue weighted by Crippen LogP contribution is 2.40. The number of carbonyl (C=O) groups excluding carboxylic acids is 2. The van der Waals surface area contributed by atoms with Crippen LogP contribution in [0.5, 0.6) is 0 Å². The second-order valence-electron chi connectivity index (χ2n) is 6.79. The van der Waals surface area contributed by atoms with Gasteiger partial charge in [-0.05, 0) is 57.7 Å². The number of aryl methyl sites for hydroxylation is 3. The number of hydrogen-bond donors (Lipinski definition) is 1. The first-order chi connectivity index (χ1) is 13.0. The molecule has 0 aliphatic heterocycles. The largest absolute Gasteiger partial charge is 0.462 e. The molecule has 1 N–H and O–H groups in total. The van der Waals surface area contributed by atoms with Crippen LogP contribution in [0.25, 0.3) is 11.0 Å². The van der Waals surface area contributed by atoms with E-state index in [0.717, 1.165) is 46.2 Å². The Bertz CT molecular complexity index is 1060. The number of ether oxygens (including phenoxy) is 1. The molecule has 27 heavy (non-hydrogen) atoms. The summed E-state index contributed by atoms with van der Waals surface area (Å²) in [6.45, 7) is 5.96. The van der Waals surface area contributed by atoms with E-state index in [0.29, 0.717) is 22.8 Å². The van der Waals surface area contributed by atoms with Crippen LogP contribution >= 0.6 is 11.3 Å². The predicted octanol–water partition coefficient (Wildman–Crippen LogP) is 5.03. The van der Waals surface area contributed by atoms with Crippen LogP contribution < -0.4 is 5.32 Å². The van der Waals surface area contributed by atoms with Gasteiger partial charge in [0.2, 0.25) is 0 Å². The highest BCUT2D eigenvalue weighted by molar-refractivity contribution is 7.17. The fraction of sp³-hybridized carbons (Fsp3) is 0.333. The lowest BCUT2D eigenvalue weighted by Gasteiger charge is -2.07. The van der Waals surface area contributed by atoms with E-state index in [1.807, 2.05) is 32.0 Å². The van der Waals surface area contributed by atoms with Gasteiger partial charge in [0, 0.05) is 15.8 Å². The number of hydrogen-bond acceptors (Lipinski definition) is 5. The third-order valence-corrected chi connectivity index (χ3v) is 6.13. The monoisotopic (exact) mass is 383 g/mol. The Hall–Kier alpha value is -2.60. The van der Waals surface area contributed by atoms with E-state index in [2.05, 4.69) is 5.32 Å². The zero-order valence-corrected chi connectivity index (χ0v) is 16.4. The minimum absolute atomic E-state index is 0.277. The molecule has 0 atom stereocenters. The van der Waals surface area contributed by atoms with Gasteiger partial charge < -0.3 is 14.5 Å². The maximum Gasteiger partial charge on any atom is 0.341 e. The van der Waals surface area contributed by atoms with Crippen molar-refractivity contribution in [1.29, 1.82) is 0 Å². The van der Waals surface area contributed by atoms with Crippen LogP contribution in [-0.2, 0) is 17.6 Å². The van der Waals surface area contributed by atoms with Crippen LogP contribution in [0.3, 0.4) is 0 Å². The molecule has 0 radical (unpaired) electrons. The van der Waals surface area contributed by atoms with Crippen LogP contribution in [-0.4, -0.2) is 18.5 Å². The van der Waals surface area contributed by atoms with Gasteiger partial charge in [0.1, 0.15) is 10.6 Å². The summed E-state index contributed by atoms with van der Waals surface area (Å²) in [7, 11) is 0. The normalized spacial score (nSPS) is 13.0. The molecule has 0 saturated carbocycles. The van der Waals surface area contributed by atoms with Crippen LogP contribution in [0.4, 0.5) is 5.00 Å². The molecule has 5 nitrogen and oxygen atoms in total. The van der Waals surface area contributed by atoms with Crippen LogP contribution in [0.1, 0.15) is 55.8 Å². The van der Waals surface area contributed by atoms with Gasteiger partial charge in [-0.2, -0.15) is 0 Å². The second kappa shape index (κ2) is 6.85. The van der Waals surface area contributed by atoms with Gasteiger partial charge >= 0.3 is 5.97 Å². The zero-order valence-electron chi connectivity index (χ0n) is 15.6. The van der Waals surface area contributed by atoms with Crippen LogP contribution in [0.2, 0.25) is 0 Å². The SMILES string of the molecule is CCOC(=O)c1c(NC(=O)c2oc3ccc(C)cc3c2C)sc2c1CCC2. The molecule has 1 aliphatic carbocycles. The molecule has 2 heterocycles. The molecule has 4 rings (SSSR count). The topological polar surface area (TPSA) is 68.5 Å². The number of esters is 1. The van der Waals surface area contributed by atoms with Crippen molar-refractivity contribution in [2.24, 2.45) is 0 Å². The zero-order chi connectivity index (χ0) is 19.1. The maximum atomic E-state index is 12.9. The molecule has 3 aromatic rings. The van der Waals surface area contributed by atoms with Gasteiger partial charge in [-0.15, -0.1) is 11.3 Å². The van der Waals surface area contributed by atoms with Crippen molar-refractivity contribution in [2.75, 3.05) is 11.9 Å². The summed E-state index contributed by atoms with van der Waals surface area (Å²) in [5, 5.41) is 4.38. The summed E-state index contributed by atoms with van der Waals surface area (Å²) in [4.78, 5) is 26.5. The Morgan fingerprint density at radius 2 is 2.07 bits per heavy atom. The van der Waals surface area contributed by atoms with Crippen molar-refractivity contribution >= 4 is 39.2 Å². The molecule has 6 heteroatoms. The van der Waals surface area contributed by atoms with Gasteiger partial charge in [0.05, 0.1) is 12.2 Å². The molecule has 0 unspecified atom stereocenters. The van der Waals surface area contributed by atoms with Gasteiger partial charge in [-0.25, -0.2) is 4.79 Å². The number of anilines is 1. The molecule has 0 saturated heterocycles. The summed E-state index contributed by atoms with van der Waals surface area (Å²) >= 11 is 1.47. The summed E-state index contributed by atoms with van der Waals surface area (Å²) in [5.41, 5.74) is 4.12. The molecule has 0 fully saturated rings. The van der Waals surface area contributed by atoms with Crippen molar-refractivity contribution in [2.45, 2.75) is 40.0 Å². The average Bonchev–Trinajstić information content (AvgIpc) is 3.28. The third-order valence-electron chi connectivity index (χ3n) is 4.93. The van der Waals surface area contributed by atoms with E-state index in [-0.39, 0.29) is 17.6 Å². The first kappa shape index (κ1) is 17.8. The molecule has 1 amide bonds. The van der Waals surface area contributed by atoms with Crippen molar-refractivity contribution in [1.82, 2.24) is 0 Å². The number of fused-ring (bicyclic) bond motifs is 2. The Morgan fingerprint density at radius 1 is 1.26 bits per heavy atom. The van der Waals surface area contributed by atoms with E-state index in [1.54, 1.807) is 6.92 Å². The van der Waals surface area contributed by atoms with E-state index in [4.69, 9.17) is 9.15 Å². The van der Waals surface area contributed by atoms with Crippen LogP contribution in [0.15, 0.2) is 22.6 Å². The standard InChI is InChI=1S/C21H21NO4S/c1-4-25-21(24)17-13-6-5-7-16(13)27-20(17)22-19(23)18-12(3)14-10-11(2)8-9-15(14)26-18/h8-10H,4-7H2,1-3H3,(H,22,23). The summed E-state index contributed by atoms with van der Waals surface area (Å²) in [6.07, 6.45) is 2.81. The van der Waals surface area contributed by atoms with Gasteiger partial charge in [0.25, 0.3) is 5.91 Å².